The van der Waals surface area contributed by atoms with Crippen LogP contribution in [0.3, 0.4) is 0 Å². The van der Waals surface area contributed by atoms with E-state index in [4.69, 9.17) is 4.74 Å². The van der Waals surface area contributed by atoms with Crippen molar-refractivity contribution in [2.75, 3.05) is 26.3 Å². The molecule has 0 aromatic rings. The summed E-state index contributed by atoms with van der Waals surface area (Å²) < 4.78 is 5.41. The van der Waals surface area contributed by atoms with Crippen LogP contribution < -0.4 is 0 Å². The molecule has 0 radical (unpaired) electrons. The molecule has 3 nitrogen and oxygen atoms in total. The van der Waals surface area contributed by atoms with Crippen molar-refractivity contribution >= 4 is 0 Å². The number of nitrogens with zero attached hydrogens (tertiary/aromatic N) is 1. The average molecular weight is 215 g/mol. The Kier molecular flexibility index (Phi) is 5.03. The lowest BCUT2D eigenvalue weighted by atomic mass is 9.96. The molecule has 1 rings (SSSR count). The summed E-state index contributed by atoms with van der Waals surface area (Å²) in [5.74, 6) is 0. The minimum absolute atomic E-state index is 0.149. The minimum Gasteiger partial charge on any atom is -0.389 e. The molecule has 1 aliphatic rings. The number of hydrogen-bond donors (Lipinski definition) is 1. The van der Waals surface area contributed by atoms with Crippen molar-refractivity contribution in [1.29, 1.82) is 0 Å². The van der Waals surface area contributed by atoms with Gasteiger partial charge in [-0.1, -0.05) is 6.92 Å². The summed E-state index contributed by atoms with van der Waals surface area (Å²) in [6.45, 7) is 9.72. The molecule has 1 unspecified atom stereocenters. The van der Waals surface area contributed by atoms with Crippen molar-refractivity contribution in [3.63, 3.8) is 0 Å². The van der Waals surface area contributed by atoms with Crippen LogP contribution in [0.1, 0.15) is 40.0 Å². The normalized spacial score (nSPS) is 20.8. The van der Waals surface area contributed by atoms with Gasteiger partial charge < -0.3 is 9.84 Å². The summed E-state index contributed by atoms with van der Waals surface area (Å²) in [5, 5.41) is 10.1. The molecule has 1 heterocycles. The lowest BCUT2D eigenvalue weighted by molar-refractivity contribution is -0.0497. The Hall–Kier alpha value is -0.120. The van der Waals surface area contributed by atoms with E-state index in [0.29, 0.717) is 6.61 Å². The molecule has 0 aromatic carbocycles. The highest BCUT2D eigenvalue weighted by molar-refractivity contribution is 4.90. The summed E-state index contributed by atoms with van der Waals surface area (Å²) in [6, 6.07) is 0. The van der Waals surface area contributed by atoms with Crippen LogP contribution in [-0.2, 0) is 4.74 Å². The quantitative estimate of drug-likeness (QED) is 0.684. The van der Waals surface area contributed by atoms with E-state index in [9.17, 15) is 5.11 Å². The first-order chi connectivity index (χ1) is 7.09. The predicted molar refractivity (Wildman–Crippen MR) is 62.0 cm³/mol. The zero-order valence-electron chi connectivity index (χ0n) is 10.3. The van der Waals surface area contributed by atoms with Crippen LogP contribution in [0.4, 0.5) is 0 Å². The fourth-order valence-corrected chi connectivity index (χ4v) is 2.05. The summed E-state index contributed by atoms with van der Waals surface area (Å²) in [7, 11) is 0. The molecule has 90 valence electrons. The minimum atomic E-state index is -0.387. The van der Waals surface area contributed by atoms with Crippen molar-refractivity contribution in [3.8, 4) is 0 Å². The second kappa shape index (κ2) is 5.83. The number of rotatable bonds is 6. The summed E-state index contributed by atoms with van der Waals surface area (Å²) >= 11 is 0. The lowest BCUT2D eigenvalue weighted by Crippen LogP contribution is -2.52. The first-order valence-corrected chi connectivity index (χ1v) is 6.10. The van der Waals surface area contributed by atoms with Crippen LogP contribution in [0.15, 0.2) is 0 Å². The average Bonchev–Trinajstić information content (AvgIpc) is 2.71. The van der Waals surface area contributed by atoms with E-state index in [2.05, 4.69) is 25.7 Å². The zero-order valence-corrected chi connectivity index (χ0v) is 10.3. The zero-order chi connectivity index (χ0) is 11.3. The molecule has 0 saturated carbocycles. The molecule has 1 atom stereocenters. The fourth-order valence-electron chi connectivity index (χ4n) is 2.05. The van der Waals surface area contributed by atoms with Gasteiger partial charge in [0.1, 0.15) is 0 Å². The maximum Gasteiger partial charge on any atom is 0.0951 e. The van der Waals surface area contributed by atoms with Crippen LogP contribution in [0, 0.1) is 0 Å². The summed E-state index contributed by atoms with van der Waals surface area (Å²) in [5.41, 5.74) is -0.149. The maximum absolute atomic E-state index is 10.1. The fraction of sp³-hybridized carbons (Fsp3) is 1.00. The van der Waals surface area contributed by atoms with Crippen molar-refractivity contribution in [2.24, 2.45) is 0 Å². The van der Waals surface area contributed by atoms with Crippen molar-refractivity contribution < 1.29 is 9.84 Å². The smallest absolute Gasteiger partial charge is 0.0951 e. The molecule has 0 amide bonds. The van der Waals surface area contributed by atoms with E-state index < -0.39 is 0 Å². The third-order valence-corrected chi connectivity index (χ3v) is 3.36. The Balaban J connectivity index is 2.37. The molecular formula is C12H25NO2. The standard InChI is InChI=1S/C12H25NO2/c1-4-9-15-10-11(14)12(2,3)13-7-5-6-8-13/h11,14H,4-10H2,1-3H3. The molecule has 0 aromatic heterocycles. The maximum atomic E-state index is 10.1. The van der Waals surface area contributed by atoms with Crippen LogP contribution in [0.25, 0.3) is 0 Å². The highest BCUT2D eigenvalue weighted by Crippen LogP contribution is 2.24. The first kappa shape index (κ1) is 12.9. The first-order valence-electron chi connectivity index (χ1n) is 6.10. The molecule has 1 fully saturated rings. The van der Waals surface area contributed by atoms with Gasteiger partial charge >= 0.3 is 0 Å². The van der Waals surface area contributed by atoms with Gasteiger partial charge in [0.25, 0.3) is 0 Å². The third kappa shape index (κ3) is 3.44. The molecule has 1 saturated heterocycles. The van der Waals surface area contributed by atoms with Gasteiger partial charge in [-0.15, -0.1) is 0 Å². The molecule has 0 aliphatic carbocycles. The Morgan fingerprint density at radius 2 is 1.93 bits per heavy atom. The topological polar surface area (TPSA) is 32.7 Å². The number of likely N-dealkylation sites (tertiary alicyclic amines) is 1. The molecule has 1 N–H and O–H groups in total. The monoisotopic (exact) mass is 215 g/mol. The van der Waals surface area contributed by atoms with Crippen LogP contribution in [0.2, 0.25) is 0 Å². The van der Waals surface area contributed by atoms with E-state index in [1.54, 1.807) is 0 Å². The van der Waals surface area contributed by atoms with Gasteiger partial charge in [-0.25, -0.2) is 0 Å². The molecule has 3 heteroatoms. The summed E-state index contributed by atoms with van der Waals surface area (Å²) in [4.78, 5) is 2.37. The number of aliphatic hydroxyl groups is 1. The predicted octanol–water partition coefficient (Wildman–Crippen LogP) is 1.65. The van der Waals surface area contributed by atoms with Crippen LogP contribution in [-0.4, -0.2) is 48.0 Å². The number of ether oxygens (including phenoxy) is 1. The van der Waals surface area contributed by atoms with Gasteiger partial charge in [0, 0.05) is 12.1 Å². The van der Waals surface area contributed by atoms with E-state index in [1.165, 1.54) is 12.8 Å². The molecule has 0 bridgehead atoms. The van der Waals surface area contributed by atoms with Gasteiger partial charge in [0.15, 0.2) is 0 Å². The van der Waals surface area contributed by atoms with Gasteiger partial charge in [0.05, 0.1) is 12.7 Å². The van der Waals surface area contributed by atoms with E-state index in [0.717, 1.165) is 26.1 Å². The highest BCUT2D eigenvalue weighted by Gasteiger charge is 2.35. The molecular weight excluding hydrogens is 190 g/mol. The van der Waals surface area contributed by atoms with E-state index >= 15 is 0 Å². The second-order valence-corrected chi connectivity index (χ2v) is 4.94. The summed E-state index contributed by atoms with van der Waals surface area (Å²) in [6.07, 6.45) is 3.14. The van der Waals surface area contributed by atoms with Crippen molar-refractivity contribution in [1.82, 2.24) is 4.90 Å². The second-order valence-electron chi connectivity index (χ2n) is 4.94. The van der Waals surface area contributed by atoms with Gasteiger partial charge in [0.2, 0.25) is 0 Å². The van der Waals surface area contributed by atoms with Gasteiger partial charge in [-0.05, 0) is 46.2 Å². The van der Waals surface area contributed by atoms with Crippen molar-refractivity contribution in [2.45, 2.75) is 51.7 Å². The van der Waals surface area contributed by atoms with Crippen LogP contribution in [0.5, 0.6) is 0 Å². The Labute approximate surface area is 93.4 Å². The van der Waals surface area contributed by atoms with Crippen molar-refractivity contribution in [3.05, 3.63) is 0 Å². The highest BCUT2D eigenvalue weighted by atomic mass is 16.5. The van der Waals surface area contributed by atoms with E-state index in [1.807, 2.05) is 0 Å². The van der Waals surface area contributed by atoms with Crippen LogP contribution >= 0.6 is 0 Å². The Morgan fingerprint density at radius 3 is 2.47 bits per heavy atom. The number of hydrogen-bond acceptors (Lipinski definition) is 3. The molecule has 0 spiro atoms. The molecule has 15 heavy (non-hydrogen) atoms. The third-order valence-electron chi connectivity index (χ3n) is 3.36. The van der Waals surface area contributed by atoms with E-state index in [-0.39, 0.29) is 11.6 Å². The van der Waals surface area contributed by atoms with Gasteiger partial charge in [-0.2, -0.15) is 0 Å². The lowest BCUT2D eigenvalue weighted by Gasteiger charge is -2.39. The Morgan fingerprint density at radius 1 is 1.33 bits per heavy atom. The molecule has 1 aliphatic heterocycles. The SMILES string of the molecule is CCCOCC(O)C(C)(C)N1CCCC1. The number of aliphatic hydroxyl groups excluding tert-OH is 1. The largest absolute Gasteiger partial charge is 0.389 e. The van der Waals surface area contributed by atoms with Gasteiger partial charge in [-0.3, -0.25) is 4.90 Å². The Bertz CT molecular complexity index is 176.